The van der Waals surface area contributed by atoms with Crippen molar-refractivity contribution in [3.05, 3.63) is 64.7 Å². The van der Waals surface area contributed by atoms with Crippen LogP contribution < -0.4 is 10.1 Å². The second kappa shape index (κ2) is 12.6. The maximum absolute atomic E-state index is 13.2. The van der Waals surface area contributed by atoms with E-state index in [0.29, 0.717) is 23.7 Å². The Kier molecular flexibility index (Phi) is 10.2. The minimum Gasteiger partial charge on any atom is -0.497 e. The molecule has 1 N–H and O–H groups in total. The number of ether oxygens (including phenoxy) is 1. The van der Waals surface area contributed by atoms with Crippen molar-refractivity contribution in [2.75, 3.05) is 12.9 Å². The first-order valence-electron chi connectivity index (χ1n) is 10.4. The summed E-state index contributed by atoms with van der Waals surface area (Å²) in [6, 6.07) is 14.7. The van der Waals surface area contributed by atoms with Gasteiger partial charge in [-0.3, -0.25) is 9.59 Å². The Morgan fingerprint density at radius 2 is 1.84 bits per heavy atom. The van der Waals surface area contributed by atoms with E-state index >= 15 is 0 Å². The van der Waals surface area contributed by atoms with Crippen molar-refractivity contribution in [3.8, 4) is 5.75 Å². The van der Waals surface area contributed by atoms with E-state index in [1.807, 2.05) is 69.3 Å². The summed E-state index contributed by atoms with van der Waals surface area (Å²) in [5, 5.41) is 3.63. The van der Waals surface area contributed by atoms with E-state index in [1.54, 1.807) is 12.0 Å². The van der Waals surface area contributed by atoms with Crippen LogP contribution in [0.5, 0.6) is 5.75 Å². The molecular formula is C24H31ClN2O3S. The highest BCUT2D eigenvalue weighted by atomic mass is 35.5. The Morgan fingerprint density at radius 3 is 2.42 bits per heavy atom. The third kappa shape index (κ3) is 8.11. The lowest BCUT2D eigenvalue weighted by Crippen LogP contribution is -2.50. The van der Waals surface area contributed by atoms with Gasteiger partial charge in [-0.25, -0.2) is 0 Å². The minimum absolute atomic E-state index is 0.0108. The summed E-state index contributed by atoms with van der Waals surface area (Å²) in [5.41, 5.74) is 2.02. The van der Waals surface area contributed by atoms with Gasteiger partial charge in [-0.2, -0.15) is 0 Å². The largest absolute Gasteiger partial charge is 0.497 e. The molecule has 0 aromatic heterocycles. The van der Waals surface area contributed by atoms with E-state index in [1.165, 1.54) is 11.8 Å². The number of benzene rings is 2. The third-order valence-electron chi connectivity index (χ3n) is 4.71. The topological polar surface area (TPSA) is 58.6 Å². The predicted molar refractivity (Wildman–Crippen MR) is 129 cm³/mol. The zero-order valence-electron chi connectivity index (χ0n) is 18.6. The van der Waals surface area contributed by atoms with E-state index in [0.717, 1.165) is 16.9 Å². The Hall–Kier alpha value is -2.18. The molecule has 168 valence electrons. The molecule has 2 aromatic carbocycles. The van der Waals surface area contributed by atoms with E-state index in [9.17, 15) is 9.59 Å². The lowest BCUT2D eigenvalue weighted by Gasteiger charge is -2.31. The second-order valence-electron chi connectivity index (χ2n) is 7.58. The second-order valence-corrected chi connectivity index (χ2v) is 9.00. The molecule has 5 nitrogen and oxygen atoms in total. The molecule has 2 amide bonds. The smallest absolute Gasteiger partial charge is 0.243 e. The number of hydrogen-bond acceptors (Lipinski definition) is 4. The van der Waals surface area contributed by atoms with E-state index < -0.39 is 6.04 Å². The molecule has 0 saturated heterocycles. The molecule has 0 aliphatic carbocycles. The molecular weight excluding hydrogens is 432 g/mol. The van der Waals surface area contributed by atoms with Gasteiger partial charge in [0.1, 0.15) is 11.8 Å². The highest BCUT2D eigenvalue weighted by Gasteiger charge is 2.28. The molecule has 0 aliphatic heterocycles. The summed E-state index contributed by atoms with van der Waals surface area (Å²) in [7, 11) is 1.62. The summed E-state index contributed by atoms with van der Waals surface area (Å²) in [5.74, 6) is 1.53. The molecule has 7 heteroatoms. The maximum Gasteiger partial charge on any atom is 0.243 e. The van der Waals surface area contributed by atoms with Gasteiger partial charge < -0.3 is 15.0 Å². The van der Waals surface area contributed by atoms with E-state index in [4.69, 9.17) is 16.3 Å². The van der Waals surface area contributed by atoms with Gasteiger partial charge in [0.15, 0.2) is 0 Å². The first-order chi connectivity index (χ1) is 14.8. The monoisotopic (exact) mass is 462 g/mol. The third-order valence-corrected chi connectivity index (χ3v) is 5.94. The van der Waals surface area contributed by atoms with Crippen LogP contribution in [-0.4, -0.2) is 41.7 Å². The SMILES string of the molecule is CC[C@H](C(=O)NC(C)C)N(Cc1ccc(OC)cc1)C(=O)CSCc1cccc(Cl)c1. The van der Waals surface area contributed by atoms with Crippen molar-refractivity contribution < 1.29 is 14.3 Å². The molecule has 0 heterocycles. The zero-order chi connectivity index (χ0) is 22.8. The van der Waals surface area contributed by atoms with Crippen LogP contribution in [0.2, 0.25) is 5.02 Å². The number of carbonyl (C=O) groups is 2. The fraction of sp³-hybridized carbons (Fsp3) is 0.417. The van der Waals surface area contributed by atoms with Gasteiger partial charge in [0.2, 0.25) is 11.8 Å². The van der Waals surface area contributed by atoms with Crippen LogP contribution in [-0.2, 0) is 21.9 Å². The molecule has 0 aliphatic rings. The van der Waals surface area contributed by atoms with Gasteiger partial charge in [0.05, 0.1) is 12.9 Å². The fourth-order valence-electron chi connectivity index (χ4n) is 3.19. The van der Waals surface area contributed by atoms with Gasteiger partial charge in [-0.05, 0) is 55.7 Å². The molecule has 2 rings (SSSR count). The molecule has 0 radical (unpaired) electrons. The lowest BCUT2D eigenvalue weighted by molar-refractivity contribution is -0.139. The fourth-order valence-corrected chi connectivity index (χ4v) is 4.26. The number of rotatable bonds is 11. The summed E-state index contributed by atoms with van der Waals surface area (Å²) in [6.07, 6.45) is 0.541. The Balaban J connectivity index is 2.13. The highest BCUT2D eigenvalue weighted by Crippen LogP contribution is 2.20. The molecule has 0 spiro atoms. The van der Waals surface area contributed by atoms with Crippen molar-refractivity contribution in [2.45, 2.75) is 51.6 Å². The quantitative estimate of drug-likeness (QED) is 0.515. The normalized spacial score (nSPS) is 11.8. The summed E-state index contributed by atoms with van der Waals surface area (Å²) < 4.78 is 5.22. The molecule has 31 heavy (non-hydrogen) atoms. The number of nitrogens with zero attached hydrogens (tertiary/aromatic N) is 1. The van der Waals surface area contributed by atoms with Crippen molar-refractivity contribution in [3.63, 3.8) is 0 Å². The lowest BCUT2D eigenvalue weighted by atomic mass is 10.1. The Bertz CT molecular complexity index is 858. The standard InChI is InChI=1S/C24H31ClN2O3S/c1-5-22(24(29)26-17(2)3)27(14-18-9-11-21(30-4)12-10-18)23(28)16-31-15-19-7-6-8-20(25)13-19/h6-13,17,22H,5,14-16H2,1-4H3,(H,26,29)/t22-/m1/s1. The van der Waals surface area contributed by atoms with Gasteiger partial charge >= 0.3 is 0 Å². The molecule has 0 bridgehead atoms. The van der Waals surface area contributed by atoms with E-state index in [2.05, 4.69) is 5.32 Å². The van der Waals surface area contributed by atoms with Gasteiger partial charge in [-0.15, -0.1) is 11.8 Å². The zero-order valence-corrected chi connectivity index (χ0v) is 20.1. The molecule has 0 unspecified atom stereocenters. The van der Waals surface area contributed by atoms with E-state index in [-0.39, 0.29) is 23.6 Å². The molecule has 1 atom stereocenters. The van der Waals surface area contributed by atoms with Crippen LogP contribution in [0.3, 0.4) is 0 Å². The van der Waals surface area contributed by atoms with Gasteiger partial charge in [-0.1, -0.05) is 42.8 Å². The van der Waals surface area contributed by atoms with Crippen LogP contribution in [0, 0.1) is 0 Å². The van der Waals surface area contributed by atoms with Gasteiger partial charge in [0.25, 0.3) is 0 Å². The first-order valence-corrected chi connectivity index (χ1v) is 11.9. The highest BCUT2D eigenvalue weighted by molar-refractivity contribution is 7.99. The van der Waals surface area contributed by atoms with Gasteiger partial charge in [0, 0.05) is 23.4 Å². The van der Waals surface area contributed by atoms with Crippen molar-refractivity contribution in [1.82, 2.24) is 10.2 Å². The molecule has 2 aromatic rings. The predicted octanol–water partition coefficient (Wildman–Crippen LogP) is 4.91. The van der Waals surface area contributed by atoms with Crippen LogP contribution in [0.1, 0.15) is 38.3 Å². The Labute approximate surface area is 194 Å². The number of amides is 2. The summed E-state index contributed by atoms with van der Waals surface area (Å²) >= 11 is 7.57. The minimum atomic E-state index is -0.524. The average Bonchev–Trinajstić information content (AvgIpc) is 2.73. The maximum atomic E-state index is 13.2. The summed E-state index contributed by atoms with van der Waals surface area (Å²) in [6.45, 7) is 6.13. The van der Waals surface area contributed by atoms with Crippen LogP contribution >= 0.6 is 23.4 Å². The van der Waals surface area contributed by atoms with Crippen LogP contribution in [0.15, 0.2) is 48.5 Å². The van der Waals surface area contributed by atoms with Crippen LogP contribution in [0.4, 0.5) is 0 Å². The summed E-state index contributed by atoms with van der Waals surface area (Å²) in [4.78, 5) is 27.7. The number of halogens is 1. The average molecular weight is 463 g/mol. The number of carbonyl (C=O) groups excluding carboxylic acids is 2. The first kappa shape index (κ1) is 25.1. The molecule has 0 fully saturated rings. The molecule has 0 saturated carbocycles. The Morgan fingerprint density at radius 1 is 1.13 bits per heavy atom. The number of hydrogen-bond donors (Lipinski definition) is 1. The number of nitrogens with one attached hydrogen (secondary N) is 1. The number of thioether (sulfide) groups is 1. The van der Waals surface area contributed by atoms with Crippen molar-refractivity contribution in [2.24, 2.45) is 0 Å². The number of methoxy groups -OCH3 is 1. The van der Waals surface area contributed by atoms with Crippen molar-refractivity contribution in [1.29, 1.82) is 0 Å². The van der Waals surface area contributed by atoms with Crippen LogP contribution in [0.25, 0.3) is 0 Å². The van der Waals surface area contributed by atoms with Crippen molar-refractivity contribution >= 4 is 35.2 Å².